The summed E-state index contributed by atoms with van der Waals surface area (Å²) in [6, 6.07) is 4.37. The molecule has 0 atom stereocenters. The number of rotatable bonds is 8. The van der Waals surface area contributed by atoms with Crippen LogP contribution in [-0.2, 0) is 4.74 Å². The van der Waals surface area contributed by atoms with Gasteiger partial charge >= 0.3 is 0 Å². The summed E-state index contributed by atoms with van der Waals surface area (Å²) in [4.78, 5) is 16.2. The first-order valence-corrected chi connectivity index (χ1v) is 8.79. The summed E-state index contributed by atoms with van der Waals surface area (Å²) in [6.07, 6.45) is 0.925. The van der Waals surface area contributed by atoms with E-state index < -0.39 is 5.82 Å². The van der Waals surface area contributed by atoms with Crippen LogP contribution in [0.15, 0.2) is 23.6 Å². The number of hydrogen-bond donors (Lipinski definition) is 2. The quantitative estimate of drug-likeness (QED) is 0.682. The van der Waals surface area contributed by atoms with E-state index in [2.05, 4.69) is 15.6 Å². The highest BCUT2D eigenvalue weighted by molar-refractivity contribution is 7.14. The summed E-state index contributed by atoms with van der Waals surface area (Å²) in [5, 5.41) is 7.94. The van der Waals surface area contributed by atoms with E-state index in [9.17, 15) is 9.18 Å². The molecule has 0 aliphatic rings. The Hall–Kier alpha value is -1.70. The van der Waals surface area contributed by atoms with Crippen LogP contribution >= 0.6 is 22.9 Å². The average molecular weight is 372 g/mol. The van der Waals surface area contributed by atoms with Gasteiger partial charge in [0, 0.05) is 24.2 Å². The Kier molecular flexibility index (Phi) is 6.96. The number of benzene rings is 1. The number of aromatic nitrogens is 1. The molecule has 130 valence electrons. The second-order valence-electron chi connectivity index (χ2n) is 5.32. The standard InChI is InChI=1S/C16H19ClFN3O2S/c1-10(2)23-7-3-6-19-15(22)14-9-24-16(21-14)20-11-4-5-12(17)13(18)8-11/h4-5,8-10H,3,6-7H2,1-2H3,(H,19,22)(H,20,21). The molecule has 1 amide bonds. The molecular weight excluding hydrogens is 353 g/mol. The van der Waals surface area contributed by atoms with Gasteiger partial charge in [-0.2, -0.15) is 0 Å². The zero-order chi connectivity index (χ0) is 17.5. The van der Waals surface area contributed by atoms with Crippen molar-refractivity contribution in [1.29, 1.82) is 0 Å². The summed E-state index contributed by atoms with van der Waals surface area (Å²) < 4.78 is 18.8. The third-order valence-electron chi connectivity index (χ3n) is 2.97. The molecular formula is C16H19ClFN3O2S. The summed E-state index contributed by atoms with van der Waals surface area (Å²) in [7, 11) is 0. The fraction of sp³-hybridized carbons (Fsp3) is 0.375. The second-order valence-corrected chi connectivity index (χ2v) is 6.59. The molecule has 2 rings (SSSR count). The number of anilines is 2. The molecule has 0 saturated heterocycles. The first kappa shape index (κ1) is 18.6. The van der Waals surface area contributed by atoms with E-state index in [1.165, 1.54) is 23.5 Å². The third-order valence-corrected chi connectivity index (χ3v) is 4.03. The summed E-state index contributed by atoms with van der Waals surface area (Å²) in [6.45, 7) is 5.06. The first-order valence-electron chi connectivity index (χ1n) is 7.53. The lowest BCUT2D eigenvalue weighted by atomic mass is 10.3. The Morgan fingerprint density at radius 2 is 2.25 bits per heavy atom. The van der Waals surface area contributed by atoms with Crippen molar-refractivity contribution in [3.05, 3.63) is 40.1 Å². The van der Waals surface area contributed by atoms with Gasteiger partial charge in [-0.15, -0.1) is 11.3 Å². The van der Waals surface area contributed by atoms with E-state index >= 15 is 0 Å². The molecule has 2 N–H and O–H groups in total. The largest absolute Gasteiger partial charge is 0.379 e. The average Bonchev–Trinajstić information content (AvgIpc) is 2.99. The number of halogens is 2. The van der Waals surface area contributed by atoms with Gasteiger partial charge in [-0.05, 0) is 38.5 Å². The molecule has 0 aliphatic heterocycles. The number of hydrogen-bond acceptors (Lipinski definition) is 5. The van der Waals surface area contributed by atoms with E-state index in [1.54, 1.807) is 11.4 Å². The van der Waals surface area contributed by atoms with E-state index in [4.69, 9.17) is 16.3 Å². The van der Waals surface area contributed by atoms with Gasteiger partial charge in [0.1, 0.15) is 11.5 Å². The molecule has 24 heavy (non-hydrogen) atoms. The van der Waals surface area contributed by atoms with Crippen LogP contribution in [0.4, 0.5) is 15.2 Å². The van der Waals surface area contributed by atoms with Gasteiger partial charge in [-0.25, -0.2) is 9.37 Å². The SMILES string of the molecule is CC(C)OCCCNC(=O)c1csc(Nc2ccc(Cl)c(F)c2)n1. The van der Waals surface area contributed by atoms with Crippen molar-refractivity contribution in [3.63, 3.8) is 0 Å². The van der Waals surface area contributed by atoms with Crippen molar-refractivity contribution in [1.82, 2.24) is 10.3 Å². The number of thiazole rings is 1. The predicted octanol–water partition coefficient (Wildman–Crippen LogP) is 4.22. The van der Waals surface area contributed by atoms with Crippen molar-refractivity contribution >= 4 is 39.7 Å². The Labute approximate surface area is 149 Å². The van der Waals surface area contributed by atoms with Gasteiger partial charge in [0.05, 0.1) is 11.1 Å². The van der Waals surface area contributed by atoms with E-state index in [1.807, 2.05) is 13.8 Å². The minimum atomic E-state index is -0.514. The predicted molar refractivity (Wildman–Crippen MR) is 94.8 cm³/mol. The molecule has 0 saturated carbocycles. The highest BCUT2D eigenvalue weighted by Crippen LogP contribution is 2.24. The van der Waals surface area contributed by atoms with Gasteiger partial charge in [-0.3, -0.25) is 4.79 Å². The van der Waals surface area contributed by atoms with Crippen LogP contribution in [0.3, 0.4) is 0 Å². The van der Waals surface area contributed by atoms with Crippen LogP contribution in [0.1, 0.15) is 30.8 Å². The monoisotopic (exact) mass is 371 g/mol. The molecule has 0 fully saturated rings. The van der Waals surface area contributed by atoms with E-state index in [-0.39, 0.29) is 17.0 Å². The Morgan fingerprint density at radius 3 is 2.96 bits per heavy atom. The fourth-order valence-corrected chi connectivity index (χ4v) is 2.64. The van der Waals surface area contributed by atoms with Crippen LogP contribution < -0.4 is 10.6 Å². The third kappa shape index (κ3) is 5.74. The normalized spacial score (nSPS) is 10.9. The molecule has 1 aromatic carbocycles. The number of nitrogens with zero attached hydrogens (tertiary/aromatic N) is 1. The number of carbonyl (C=O) groups excluding carboxylic acids is 1. The summed E-state index contributed by atoms with van der Waals surface area (Å²) in [5.74, 6) is -0.758. The minimum Gasteiger partial charge on any atom is -0.379 e. The lowest BCUT2D eigenvalue weighted by Crippen LogP contribution is -2.25. The van der Waals surface area contributed by atoms with Crippen molar-refractivity contribution in [2.24, 2.45) is 0 Å². The zero-order valence-electron chi connectivity index (χ0n) is 13.4. The van der Waals surface area contributed by atoms with Gasteiger partial charge in [0.25, 0.3) is 5.91 Å². The zero-order valence-corrected chi connectivity index (χ0v) is 15.0. The number of nitrogens with one attached hydrogen (secondary N) is 2. The summed E-state index contributed by atoms with van der Waals surface area (Å²) >= 11 is 6.91. The molecule has 0 radical (unpaired) electrons. The maximum atomic E-state index is 13.4. The van der Waals surface area contributed by atoms with Gasteiger partial charge in [0.15, 0.2) is 5.13 Å². The van der Waals surface area contributed by atoms with Gasteiger partial charge in [-0.1, -0.05) is 11.6 Å². The lowest BCUT2D eigenvalue weighted by Gasteiger charge is -2.07. The van der Waals surface area contributed by atoms with Crippen LogP contribution in [-0.4, -0.2) is 30.1 Å². The Balaban J connectivity index is 1.83. The molecule has 1 aromatic heterocycles. The highest BCUT2D eigenvalue weighted by Gasteiger charge is 2.11. The first-order chi connectivity index (χ1) is 11.5. The number of ether oxygens (including phenoxy) is 1. The molecule has 1 heterocycles. The van der Waals surface area contributed by atoms with E-state index in [0.717, 1.165) is 6.42 Å². The van der Waals surface area contributed by atoms with Crippen LogP contribution in [0.25, 0.3) is 0 Å². The summed E-state index contributed by atoms with van der Waals surface area (Å²) in [5.41, 5.74) is 0.839. The molecule has 0 bridgehead atoms. The van der Waals surface area contributed by atoms with Crippen LogP contribution in [0, 0.1) is 5.82 Å². The van der Waals surface area contributed by atoms with Gasteiger partial charge < -0.3 is 15.4 Å². The van der Waals surface area contributed by atoms with Crippen molar-refractivity contribution in [2.75, 3.05) is 18.5 Å². The molecule has 0 spiro atoms. The Bertz CT molecular complexity index is 694. The molecule has 5 nitrogen and oxygen atoms in total. The van der Waals surface area contributed by atoms with Crippen LogP contribution in [0.2, 0.25) is 5.02 Å². The highest BCUT2D eigenvalue weighted by atomic mass is 35.5. The number of carbonyl (C=O) groups is 1. The molecule has 0 aliphatic carbocycles. The maximum Gasteiger partial charge on any atom is 0.270 e. The minimum absolute atomic E-state index is 0.0567. The van der Waals surface area contributed by atoms with Gasteiger partial charge in [0.2, 0.25) is 0 Å². The maximum absolute atomic E-state index is 13.4. The number of amides is 1. The molecule has 8 heteroatoms. The smallest absolute Gasteiger partial charge is 0.270 e. The fourth-order valence-electron chi connectivity index (χ4n) is 1.82. The van der Waals surface area contributed by atoms with Crippen molar-refractivity contribution < 1.29 is 13.9 Å². The lowest BCUT2D eigenvalue weighted by molar-refractivity contribution is 0.0756. The van der Waals surface area contributed by atoms with Crippen LogP contribution in [0.5, 0.6) is 0 Å². The molecule has 0 unspecified atom stereocenters. The topological polar surface area (TPSA) is 63.2 Å². The van der Waals surface area contributed by atoms with Crippen molar-refractivity contribution in [2.45, 2.75) is 26.4 Å². The van der Waals surface area contributed by atoms with E-state index in [0.29, 0.717) is 29.7 Å². The van der Waals surface area contributed by atoms with Crippen molar-refractivity contribution in [3.8, 4) is 0 Å². The second kappa shape index (κ2) is 8.96. The molecule has 2 aromatic rings. The Morgan fingerprint density at radius 1 is 1.46 bits per heavy atom.